The van der Waals surface area contributed by atoms with E-state index in [0.29, 0.717) is 59.1 Å². The molecule has 6 rings (SSSR count). The molecule has 0 aliphatic carbocycles. The van der Waals surface area contributed by atoms with Crippen molar-refractivity contribution in [1.29, 1.82) is 0 Å². The Bertz CT molecular complexity index is 1990. The quantitative estimate of drug-likeness (QED) is 0.129. The van der Waals surface area contributed by atoms with Crippen LogP contribution >= 0.6 is 0 Å². The minimum atomic E-state index is -1.56. The van der Waals surface area contributed by atoms with Crippen molar-refractivity contribution in [3.05, 3.63) is 124 Å². The molecule has 3 aromatic heterocycles. The number of aromatic amines is 1. The fourth-order valence-corrected chi connectivity index (χ4v) is 5.24. The molecule has 12 heteroatoms. The van der Waals surface area contributed by atoms with Crippen molar-refractivity contribution in [3.8, 4) is 22.9 Å². The molecule has 0 saturated carbocycles. The first-order valence-electron chi connectivity index (χ1n) is 15.2. The van der Waals surface area contributed by atoms with Crippen LogP contribution in [0.25, 0.3) is 22.6 Å². The van der Waals surface area contributed by atoms with Crippen LogP contribution in [0.3, 0.4) is 0 Å². The number of benzene rings is 3. The van der Waals surface area contributed by atoms with E-state index in [2.05, 4.69) is 20.1 Å². The maximum absolute atomic E-state index is 13.2. The van der Waals surface area contributed by atoms with E-state index >= 15 is 0 Å². The summed E-state index contributed by atoms with van der Waals surface area (Å²) in [5.74, 6) is 0.242. The molecule has 3 aromatic carbocycles. The lowest BCUT2D eigenvalue weighted by molar-refractivity contribution is -0.170. The highest BCUT2D eigenvalue weighted by Crippen LogP contribution is 2.35. The van der Waals surface area contributed by atoms with Crippen LogP contribution in [0.5, 0.6) is 11.5 Å². The molecule has 0 radical (unpaired) electrons. The molecular formula is C34H34N6O6. The van der Waals surface area contributed by atoms with Crippen LogP contribution in [0.4, 0.5) is 0 Å². The first kappa shape index (κ1) is 30.5. The van der Waals surface area contributed by atoms with E-state index in [9.17, 15) is 9.59 Å². The number of para-hydroxylation sites is 1. The average Bonchev–Trinajstić information content (AvgIpc) is 3.80. The second-order valence-corrected chi connectivity index (χ2v) is 10.5. The van der Waals surface area contributed by atoms with Crippen molar-refractivity contribution in [2.24, 2.45) is 0 Å². The minimum absolute atomic E-state index is 0.143. The molecule has 0 aliphatic heterocycles. The zero-order chi connectivity index (χ0) is 31.9. The van der Waals surface area contributed by atoms with Crippen molar-refractivity contribution < 1.29 is 18.7 Å². The first-order valence-corrected chi connectivity index (χ1v) is 15.2. The van der Waals surface area contributed by atoms with Crippen LogP contribution in [-0.4, -0.2) is 42.5 Å². The number of nitrogens with zero attached hydrogens (tertiary/aromatic N) is 5. The lowest BCUT2D eigenvalue weighted by Crippen LogP contribution is -2.40. The zero-order valence-corrected chi connectivity index (χ0v) is 25.6. The number of H-pyrrole nitrogens is 1. The van der Waals surface area contributed by atoms with Gasteiger partial charge in [-0.1, -0.05) is 67.5 Å². The summed E-state index contributed by atoms with van der Waals surface area (Å²) in [6.07, 6.45) is 2.60. The third-order valence-electron chi connectivity index (χ3n) is 7.36. The van der Waals surface area contributed by atoms with Crippen LogP contribution in [0.1, 0.15) is 38.1 Å². The fourth-order valence-electron chi connectivity index (χ4n) is 5.24. The molecule has 6 aromatic rings. The van der Waals surface area contributed by atoms with Gasteiger partial charge in [0.05, 0.1) is 6.61 Å². The summed E-state index contributed by atoms with van der Waals surface area (Å²) in [4.78, 5) is 38.4. The van der Waals surface area contributed by atoms with Gasteiger partial charge in [-0.3, -0.25) is 13.9 Å². The molecule has 46 heavy (non-hydrogen) atoms. The highest BCUT2D eigenvalue weighted by Gasteiger charge is 2.43. The van der Waals surface area contributed by atoms with E-state index < -0.39 is 5.79 Å². The van der Waals surface area contributed by atoms with Crippen molar-refractivity contribution >= 4 is 11.2 Å². The molecule has 1 unspecified atom stereocenters. The van der Waals surface area contributed by atoms with E-state index in [1.54, 1.807) is 16.7 Å². The number of imidazole rings is 1. The van der Waals surface area contributed by atoms with E-state index in [1.807, 2.05) is 86.6 Å². The molecule has 0 saturated heterocycles. The Hall–Kier alpha value is -5.49. The maximum Gasteiger partial charge on any atom is 0.332 e. The van der Waals surface area contributed by atoms with Gasteiger partial charge in [0.25, 0.3) is 5.56 Å². The predicted molar refractivity (Wildman–Crippen MR) is 171 cm³/mol. The number of nitrogens with one attached hydrogen (secondary N) is 1. The molecule has 3 heterocycles. The van der Waals surface area contributed by atoms with Gasteiger partial charge in [0.1, 0.15) is 29.4 Å². The molecule has 0 fully saturated rings. The Balaban J connectivity index is 1.32. The number of hydrogen-bond donors (Lipinski definition) is 1. The van der Waals surface area contributed by atoms with Crippen LogP contribution in [0.2, 0.25) is 0 Å². The summed E-state index contributed by atoms with van der Waals surface area (Å²) >= 11 is 0. The van der Waals surface area contributed by atoms with Crippen LogP contribution in [0, 0.1) is 0 Å². The molecule has 1 N–H and O–H groups in total. The van der Waals surface area contributed by atoms with Crippen LogP contribution in [0.15, 0.2) is 105 Å². The van der Waals surface area contributed by atoms with Crippen molar-refractivity contribution in [3.63, 3.8) is 0 Å². The molecule has 12 nitrogen and oxygen atoms in total. The van der Waals surface area contributed by atoms with Gasteiger partial charge in [0, 0.05) is 24.2 Å². The summed E-state index contributed by atoms with van der Waals surface area (Å²) in [7, 11) is 0. The lowest BCUT2D eigenvalue weighted by Gasteiger charge is -2.32. The van der Waals surface area contributed by atoms with Crippen LogP contribution < -0.4 is 20.7 Å². The van der Waals surface area contributed by atoms with Crippen molar-refractivity contribution in [1.82, 2.24) is 29.2 Å². The van der Waals surface area contributed by atoms with Gasteiger partial charge < -0.3 is 23.7 Å². The monoisotopic (exact) mass is 622 g/mol. The number of ether oxygens (including phenoxy) is 3. The summed E-state index contributed by atoms with van der Waals surface area (Å²) in [5, 5.41) is 4.10. The predicted octanol–water partition coefficient (Wildman–Crippen LogP) is 5.13. The van der Waals surface area contributed by atoms with E-state index in [4.69, 9.17) is 18.7 Å². The molecule has 1 atom stereocenters. The summed E-state index contributed by atoms with van der Waals surface area (Å²) < 4.78 is 26.8. The lowest BCUT2D eigenvalue weighted by atomic mass is 10.0. The van der Waals surface area contributed by atoms with Gasteiger partial charge >= 0.3 is 11.5 Å². The SMILES string of the molecule is CCCn1c(=O)c2[nH]c(-c3ccc(OC(OCCOc4ccccc4)(c4ccccc4)c4ncon4)cc3)nc2n(CCC)c1=O. The molecule has 236 valence electrons. The molecule has 0 spiro atoms. The Morgan fingerprint density at radius 3 is 2.20 bits per heavy atom. The third-order valence-corrected chi connectivity index (χ3v) is 7.36. The van der Waals surface area contributed by atoms with Gasteiger partial charge in [-0.05, 0) is 49.2 Å². The Morgan fingerprint density at radius 2 is 1.52 bits per heavy atom. The standard InChI is InChI=1S/C34H34N6O6/c1-3-19-39-30-28(31(41)40(20-4-2)33(39)42)36-29(37-30)24-15-17-27(18-16-24)46-34(32-35-23-45-38-32,25-11-7-5-8-12-25)44-22-21-43-26-13-9-6-10-14-26/h5-18,23H,3-4,19-22H2,1-2H3,(H,36,37). The minimum Gasteiger partial charge on any atom is -0.491 e. The average molecular weight is 623 g/mol. The second kappa shape index (κ2) is 13.7. The highest BCUT2D eigenvalue weighted by atomic mass is 16.7. The third kappa shape index (κ3) is 6.07. The van der Waals surface area contributed by atoms with Gasteiger partial charge in [0.2, 0.25) is 12.2 Å². The molecular weight excluding hydrogens is 588 g/mol. The Labute approximate surface area is 264 Å². The van der Waals surface area contributed by atoms with Gasteiger partial charge in [-0.15, -0.1) is 0 Å². The summed E-state index contributed by atoms with van der Waals surface area (Å²) in [6.45, 7) is 5.07. The number of rotatable bonds is 14. The Kier molecular flexibility index (Phi) is 9.06. The van der Waals surface area contributed by atoms with Gasteiger partial charge in [0.15, 0.2) is 5.65 Å². The number of aromatic nitrogens is 6. The van der Waals surface area contributed by atoms with Crippen molar-refractivity contribution in [2.75, 3.05) is 13.2 Å². The summed E-state index contributed by atoms with van der Waals surface area (Å²) in [5.41, 5.74) is 1.25. The zero-order valence-electron chi connectivity index (χ0n) is 25.6. The normalized spacial score (nSPS) is 12.7. The smallest absolute Gasteiger partial charge is 0.332 e. The van der Waals surface area contributed by atoms with E-state index in [-0.39, 0.29) is 30.3 Å². The summed E-state index contributed by atoms with van der Waals surface area (Å²) in [6, 6.07) is 25.9. The number of fused-ring (bicyclic) bond motifs is 1. The molecule has 0 bridgehead atoms. The largest absolute Gasteiger partial charge is 0.491 e. The second-order valence-electron chi connectivity index (χ2n) is 10.5. The first-order chi connectivity index (χ1) is 22.5. The topological polar surface area (TPSA) is 139 Å². The van der Waals surface area contributed by atoms with Gasteiger partial charge in [-0.25, -0.2) is 9.78 Å². The van der Waals surface area contributed by atoms with E-state index in [0.717, 1.165) is 6.42 Å². The fraction of sp³-hybridized carbons (Fsp3) is 0.265. The molecule has 0 amide bonds. The van der Waals surface area contributed by atoms with Crippen LogP contribution in [-0.2, 0) is 23.6 Å². The van der Waals surface area contributed by atoms with Crippen molar-refractivity contribution in [2.45, 2.75) is 45.6 Å². The van der Waals surface area contributed by atoms with Gasteiger partial charge in [-0.2, -0.15) is 4.98 Å². The molecule has 0 aliphatic rings. The maximum atomic E-state index is 13.2. The Morgan fingerprint density at radius 1 is 0.826 bits per heavy atom. The van der Waals surface area contributed by atoms with E-state index in [1.165, 1.54) is 11.0 Å². The number of aryl methyl sites for hydroxylation is 1. The highest BCUT2D eigenvalue weighted by molar-refractivity contribution is 5.75. The number of hydrogen-bond acceptors (Lipinski definition) is 9.